The van der Waals surface area contributed by atoms with E-state index in [-0.39, 0.29) is 11.8 Å². The predicted octanol–water partition coefficient (Wildman–Crippen LogP) is 15.5. The van der Waals surface area contributed by atoms with Gasteiger partial charge in [-0.3, -0.25) is 0 Å². The first-order valence-electron chi connectivity index (χ1n) is 25.6. The van der Waals surface area contributed by atoms with Gasteiger partial charge in [-0.1, -0.05) is 206 Å². The van der Waals surface area contributed by atoms with Crippen LogP contribution in [-0.4, -0.2) is 39.9 Å². The number of hydrogen-bond acceptors (Lipinski definition) is 8. The van der Waals surface area contributed by atoms with Gasteiger partial charge in [-0.05, 0) is 69.8 Å². The lowest BCUT2D eigenvalue weighted by Gasteiger charge is -2.42. The summed E-state index contributed by atoms with van der Waals surface area (Å²) in [4.78, 5) is 42.0. The SMILES string of the molecule is c1ccc(-c2cc(-c3nc(-c4ccccc4)c4ccccc4n3)nc(-c3ccc4c(c3)C3c5ccccc5C4c4cc(-c5nc(-c6ccccc6)cc(-c6nc(-c7ccccc7)c7ccccc7n6)n5)ccc43)n2)cc1. The summed E-state index contributed by atoms with van der Waals surface area (Å²) in [6.07, 6.45) is 0. The molecule has 16 rings (SSSR count). The van der Waals surface area contributed by atoms with E-state index < -0.39 is 0 Å². The van der Waals surface area contributed by atoms with E-state index in [1.165, 1.54) is 33.4 Å². The maximum Gasteiger partial charge on any atom is 0.179 e. The molecule has 0 spiro atoms. The van der Waals surface area contributed by atoms with Crippen LogP contribution in [-0.2, 0) is 0 Å². The maximum absolute atomic E-state index is 5.32. The van der Waals surface area contributed by atoms with Crippen molar-refractivity contribution in [3.63, 3.8) is 0 Å². The van der Waals surface area contributed by atoms with E-state index >= 15 is 0 Å². The van der Waals surface area contributed by atoms with Crippen molar-refractivity contribution in [1.29, 1.82) is 0 Å². The molecule has 76 heavy (non-hydrogen) atoms. The smallest absolute Gasteiger partial charge is 0.179 e. The van der Waals surface area contributed by atoms with Crippen LogP contribution in [0.2, 0.25) is 0 Å². The Morgan fingerprint density at radius 1 is 0.211 bits per heavy atom. The molecular formula is C68H42N8. The van der Waals surface area contributed by atoms with Crippen molar-refractivity contribution in [2.45, 2.75) is 11.8 Å². The fraction of sp³-hybridized carbons (Fsp3) is 0.0294. The maximum atomic E-state index is 5.32. The van der Waals surface area contributed by atoms with Crippen LogP contribution in [0.1, 0.15) is 45.2 Å². The largest absolute Gasteiger partial charge is 0.228 e. The monoisotopic (exact) mass is 970 g/mol. The van der Waals surface area contributed by atoms with Crippen molar-refractivity contribution < 1.29 is 0 Å². The van der Waals surface area contributed by atoms with Gasteiger partial charge in [-0.25, -0.2) is 39.9 Å². The minimum Gasteiger partial charge on any atom is -0.228 e. The Bertz CT molecular complexity index is 4130. The van der Waals surface area contributed by atoms with Gasteiger partial charge >= 0.3 is 0 Å². The van der Waals surface area contributed by atoms with E-state index in [9.17, 15) is 0 Å². The van der Waals surface area contributed by atoms with Gasteiger partial charge in [0, 0.05) is 56.0 Å². The van der Waals surface area contributed by atoms with Gasteiger partial charge in [0.1, 0.15) is 11.4 Å². The average molecular weight is 971 g/mol. The summed E-state index contributed by atoms with van der Waals surface area (Å²) in [6, 6.07) is 84.0. The van der Waals surface area contributed by atoms with E-state index in [2.05, 4.69) is 121 Å². The summed E-state index contributed by atoms with van der Waals surface area (Å²) in [6.45, 7) is 0. The van der Waals surface area contributed by atoms with E-state index in [1.807, 2.05) is 121 Å². The lowest BCUT2D eigenvalue weighted by molar-refractivity contribution is 0.754. The Morgan fingerprint density at radius 2 is 0.553 bits per heavy atom. The van der Waals surface area contributed by atoms with Crippen molar-refractivity contribution in [2.24, 2.45) is 0 Å². The third-order valence-electron chi connectivity index (χ3n) is 14.9. The van der Waals surface area contributed by atoms with Gasteiger partial charge in [0.2, 0.25) is 0 Å². The second-order valence-electron chi connectivity index (χ2n) is 19.4. The molecule has 0 saturated heterocycles. The van der Waals surface area contributed by atoms with Crippen LogP contribution >= 0.6 is 0 Å². The van der Waals surface area contributed by atoms with Crippen LogP contribution in [0, 0.1) is 0 Å². The molecule has 8 heteroatoms. The molecule has 2 unspecified atom stereocenters. The van der Waals surface area contributed by atoms with Gasteiger partial charge in [0.25, 0.3) is 0 Å². The second kappa shape index (κ2) is 17.8. The number of benzene rings is 9. The molecule has 4 aromatic heterocycles. The highest BCUT2D eigenvalue weighted by molar-refractivity contribution is 5.95. The number of rotatable bonds is 8. The quantitative estimate of drug-likeness (QED) is 0.148. The van der Waals surface area contributed by atoms with Gasteiger partial charge in [0.05, 0.1) is 33.8 Å². The van der Waals surface area contributed by atoms with E-state index in [4.69, 9.17) is 39.9 Å². The second-order valence-corrected chi connectivity index (χ2v) is 19.4. The third kappa shape index (κ3) is 7.37. The number of para-hydroxylation sites is 2. The van der Waals surface area contributed by atoms with Crippen molar-refractivity contribution >= 4 is 21.8 Å². The Kier molecular flexibility index (Phi) is 10.2. The Balaban J connectivity index is 0.862. The van der Waals surface area contributed by atoms with Crippen molar-refractivity contribution in [3.8, 4) is 90.8 Å². The summed E-state index contributed by atoms with van der Waals surface area (Å²) >= 11 is 0. The van der Waals surface area contributed by atoms with E-state index in [0.29, 0.717) is 34.7 Å². The molecule has 4 heterocycles. The Labute approximate surface area is 438 Å². The fourth-order valence-electron chi connectivity index (χ4n) is 11.4. The Morgan fingerprint density at radius 3 is 0.974 bits per heavy atom. The minimum atomic E-state index is -0.0243. The fourth-order valence-corrected chi connectivity index (χ4v) is 11.4. The molecular weight excluding hydrogens is 929 g/mol. The molecule has 2 atom stereocenters. The molecule has 13 aromatic rings. The highest BCUT2D eigenvalue weighted by Gasteiger charge is 2.41. The van der Waals surface area contributed by atoms with Crippen LogP contribution in [0.15, 0.2) is 243 Å². The highest BCUT2D eigenvalue weighted by Crippen LogP contribution is 2.56. The molecule has 2 bridgehead atoms. The molecule has 9 aromatic carbocycles. The zero-order valence-corrected chi connectivity index (χ0v) is 40.8. The summed E-state index contributed by atoms with van der Waals surface area (Å²) in [5, 5.41) is 1.97. The van der Waals surface area contributed by atoms with Crippen molar-refractivity contribution in [3.05, 3.63) is 276 Å². The van der Waals surface area contributed by atoms with Crippen LogP contribution in [0.5, 0.6) is 0 Å². The summed E-state index contributed by atoms with van der Waals surface area (Å²) in [5.41, 5.74) is 19.8. The van der Waals surface area contributed by atoms with Gasteiger partial charge in [-0.2, -0.15) is 0 Å². The highest BCUT2D eigenvalue weighted by atomic mass is 15.0. The van der Waals surface area contributed by atoms with E-state index in [0.717, 1.165) is 78.0 Å². The van der Waals surface area contributed by atoms with Crippen LogP contribution < -0.4 is 0 Å². The summed E-state index contributed by atoms with van der Waals surface area (Å²) in [5.74, 6) is 2.26. The lowest BCUT2D eigenvalue weighted by atomic mass is 9.61. The van der Waals surface area contributed by atoms with Gasteiger partial charge < -0.3 is 0 Å². The molecule has 3 aliphatic rings. The first-order valence-corrected chi connectivity index (χ1v) is 25.6. The molecule has 0 amide bonds. The van der Waals surface area contributed by atoms with Crippen LogP contribution in [0.4, 0.5) is 0 Å². The molecule has 0 saturated carbocycles. The van der Waals surface area contributed by atoms with Gasteiger partial charge in [-0.15, -0.1) is 0 Å². The van der Waals surface area contributed by atoms with Crippen LogP contribution in [0.25, 0.3) is 113 Å². The molecule has 0 N–H and O–H groups in total. The standard InChI is InChI=1S/C68H42N8/c1-5-19-41(20-6-1)57-39-59(67-69-55-31-17-15-29-51(55)63(75-67)43-23-9-3-10-24-43)73-65(71-57)45-33-35-49-53(37-45)61-47-27-13-14-28-48(47)62(49)54-38-46(34-36-50(54)61)66-72-58(42-21-7-2-8-22-42)40-60(74-66)68-70-56-32-18-16-30-52(56)64(76-68)44-25-11-4-12-26-44/h1-40,61-62H. The number of nitrogens with zero attached hydrogens (tertiary/aromatic N) is 8. The Hall–Kier alpha value is -10.2. The molecule has 0 radical (unpaired) electrons. The molecule has 0 aliphatic heterocycles. The van der Waals surface area contributed by atoms with Gasteiger partial charge in [0.15, 0.2) is 23.3 Å². The molecule has 3 aliphatic carbocycles. The topological polar surface area (TPSA) is 103 Å². The number of fused-ring (bicyclic) bond motifs is 2. The lowest BCUT2D eigenvalue weighted by Crippen LogP contribution is -2.27. The number of hydrogen-bond donors (Lipinski definition) is 0. The van der Waals surface area contributed by atoms with E-state index in [1.54, 1.807) is 0 Å². The third-order valence-corrected chi connectivity index (χ3v) is 14.9. The normalized spacial score (nSPS) is 14.1. The van der Waals surface area contributed by atoms with Crippen LogP contribution in [0.3, 0.4) is 0 Å². The average Bonchev–Trinajstić information content (AvgIpc) is 3.64. The van der Waals surface area contributed by atoms with Crippen molar-refractivity contribution in [1.82, 2.24) is 39.9 Å². The molecule has 354 valence electrons. The predicted molar refractivity (Wildman–Crippen MR) is 302 cm³/mol. The summed E-state index contributed by atoms with van der Waals surface area (Å²) in [7, 11) is 0. The number of aromatic nitrogens is 8. The zero-order chi connectivity index (χ0) is 50.1. The summed E-state index contributed by atoms with van der Waals surface area (Å²) < 4.78 is 0. The first-order chi connectivity index (χ1) is 37.6. The van der Waals surface area contributed by atoms with Crippen molar-refractivity contribution in [2.75, 3.05) is 0 Å². The first kappa shape index (κ1) is 43.4. The molecule has 0 fully saturated rings. The molecule has 8 nitrogen and oxygen atoms in total. The minimum absolute atomic E-state index is 0.0243. The zero-order valence-electron chi connectivity index (χ0n) is 40.8.